The number of sulfonamides is 1. The largest absolute Gasteiger partial charge is 0.276 e. The number of anilines is 1. The van der Waals surface area contributed by atoms with E-state index in [1.807, 2.05) is 6.92 Å². The van der Waals surface area contributed by atoms with E-state index in [4.69, 9.17) is 0 Å². The Kier molecular flexibility index (Phi) is 6.59. The highest BCUT2D eigenvalue weighted by Crippen LogP contribution is 2.27. The first kappa shape index (κ1) is 23.7. The lowest BCUT2D eigenvalue weighted by Crippen LogP contribution is -2.15. The molecular weight excluding hydrogens is 453 g/mol. The molecule has 1 N–H and O–H groups in total. The Bertz CT molecular complexity index is 1240. The zero-order valence-electron chi connectivity index (χ0n) is 17.4. The molecule has 0 unspecified atom stereocenters. The second-order valence-corrected chi connectivity index (χ2v) is 8.93. The number of halogens is 5. The monoisotopic (exact) mass is 473 g/mol. The molecule has 172 valence electrons. The second-order valence-electron chi connectivity index (χ2n) is 7.25. The van der Waals surface area contributed by atoms with E-state index in [0.717, 1.165) is 23.1 Å². The summed E-state index contributed by atoms with van der Waals surface area (Å²) in [6.45, 7) is 4.08. The molecule has 3 rings (SSSR count). The van der Waals surface area contributed by atoms with Crippen molar-refractivity contribution in [3.8, 4) is 0 Å². The van der Waals surface area contributed by atoms with E-state index in [1.54, 1.807) is 12.1 Å². The minimum atomic E-state index is -4.01. The third kappa shape index (κ3) is 4.34. The number of aryl methyl sites for hydroxylation is 2. The van der Waals surface area contributed by atoms with Gasteiger partial charge in [0, 0.05) is 0 Å². The van der Waals surface area contributed by atoms with E-state index in [1.165, 1.54) is 26.0 Å². The lowest BCUT2D eigenvalue weighted by molar-refractivity contribution is 0.366. The first-order chi connectivity index (χ1) is 15.0. The quantitative estimate of drug-likeness (QED) is 0.299. The highest BCUT2D eigenvalue weighted by molar-refractivity contribution is 7.92. The number of aromatic nitrogens is 2. The zero-order valence-corrected chi connectivity index (χ0v) is 18.3. The molecule has 0 atom stereocenters. The van der Waals surface area contributed by atoms with Gasteiger partial charge in [0.1, 0.15) is 0 Å². The van der Waals surface area contributed by atoms with E-state index >= 15 is 0 Å². The number of hydrogen-bond donors (Lipinski definition) is 1. The van der Waals surface area contributed by atoms with Gasteiger partial charge in [0.05, 0.1) is 34.1 Å². The highest BCUT2D eigenvalue weighted by Gasteiger charge is 2.27. The standard InChI is InChI=1S/C21H20F5N3O2S/c1-4-5-13-6-8-14(9-7-13)32(30,31)28-21-11(2)27-29(12(21)3)10-15-16(22)18(24)20(26)19(25)17(15)23/h6-9,28H,4-5,10H2,1-3H3. The maximum atomic E-state index is 14.0. The summed E-state index contributed by atoms with van der Waals surface area (Å²) in [7, 11) is -4.01. The Balaban J connectivity index is 1.94. The molecule has 0 saturated heterocycles. The molecule has 0 radical (unpaired) electrons. The van der Waals surface area contributed by atoms with Crippen molar-refractivity contribution in [2.75, 3.05) is 4.72 Å². The Morgan fingerprint density at radius 2 is 1.44 bits per heavy atom. The predicted octanol–water partition coefficient (Wildman–Crippen LogP) is 5.00. The van der Waals surface area contributed by atoms with Gasteiger partial charge < -0.3 is 0 Å². The molecule has 3 aromatic rings. The molecule has 0 aliphatic rings. The van der Waals surface area contributed by atoms with Crippen LogP contribution in [0.1, 0.15) is 35.9 Å². The number of nitrogens with one attached hydrogen (secondary N) is 1. The number of rotatable bonds is 7. The van der Waals surface area contributed by atoms with Crippen molar-refractivity contribution in [3.05, 3.63) is 75.9 Å². The fraction of sp³-hybridized carbons (Fsp3) is 0.286. The van der Waals surface area contributed by atoms with Crippen LogP contribution in [0.25, 0.3) is 0 Å². The molecule has 5 nitrogen and oxygen atoms in total. The summed E-state index contributed by atoms with van der Waals surface area (Å²) in [4.78, 5) is 0.00340. The van der Waals surface area contributed by atoms with Gasteiger partial charge in [0.15, 0.2) is 23.3 Å². The van der Waals surface area contributed by atoms with Crippen LogP contribution in [0.5, 0.6) is 0 Å². The smallest absolute Gasteiger partial charge is 0.262 e. The Morgan fingerprint density at radius 1 is 0.906 bits per heavy atom. The second kappa shape index (κ2) is 8.89. The summed E-state index contributed by atoms with van der Waals surface area (Å²) < 4.78 is 97.2. The van der Waals surface area contributed by atoms with Crippen molar-refractivity contribution in [3.63, 3.8) is 0 Å². The zero-order chi connectivity index (χ0) is 23.8. The van der Waals surface area contributed by atoms with Crippen molar-refractivity contribution in [2.24, 2.45) is 0 Å². The van der Waals surface area contributed by atoms with Crippen molar-refractivity contribution < 1.29 is 30.4 Å². The molecular formula is C21H20F5N3O2S. The van der Waals surface area contributed by atoms with Crippen LogP contribution in [0.15, 0.2) is 29.2 Å². The summed E-state index contributed by atoms with van der Waals surface area (Å²) in [6, 6.07) is 6.31. The number of nitrogens with zero attached hydrogens (tertiary/aromatic N) is 2. The number of benzene rings is 2. The van der Waals surface area contributed by atoms with Crippen LogP contribution in [0.2, 0.25) is 0 Å². The minimum absolute atomic E-state index is 0.00340. The normalized spacial score (nSPS) is 11.8. The third-order valence-electron chi connectivity index (χ3n) is 5.00. The molecule has 2 aromatic carbocycles. The number of hydrogen-bond acceptors (Lipinski definition) is 3. The summed E-state index contributed by atoms with van der Waals surface area (Å²) in [6.07, 6.45) is 1.71. The van der Waals surface area contributed by atoms with Crippen LogP contribution in [0.4, 0.5) is 27.6 Å². The fourth-order valence-electron chi connectivity index (χ4n) is 3.25. The first-order valence-corrected chi connectivity index (χ1v) is 11.1. The summed E-state index contributed by atoms with van der Waals surface area (Å²) >= 11 is 0. The molecule has 1 aromatic heterocycles. The van der Waals surface area contributed by atoms with Crippen molar-refractivity contribution >= 4 is 15.7 Å². The van der Waals surface area contributed by atoms with E-state index in [0.29, 0.717) is 0 Å². The molecule has 0 bridgehead atoms. The van der Waals surface area contributed by atoms with Gasteiger partial charge in [0.2, 0.25) is 5.82 Å². The summed E-state index contributed by atoms with van der Waals surface area (Å²) in [5.41, 5.74) is 0.254. The lowest BCUT2D eigenvalue weighted by atomic mass is 10.1. The van der Waals surface area contributed by atoms with E-state index in [-0.39, 0.29) is 22.0 Å². The Hall–Kier alpha value is -2.95. The molecule has 0 aliphatic carbocycles. The van der Waals surface area contributed by atoms with Gasteiger partial charge in [-0.2, -0.15) is 5.10 Å². The highest BCUT2D eigenvalue weighted by atomic mass is 32.2. The van der Waals surface area contributed by atoms with Crippen molar-refractivity contribution in [1.82, 2.24) is 9.78 Å². The Labute approximate surface area is 181 Å². The molecule has 0 saturated carbocycles. The van der Waals surface area contributed by atoms with Crippen molar-refractivity contribution in [2.45, 2.75) is 45.1 Å². The molecule has 0 fully saturated rings. The van der Waals surface area contributed by atoms with Gasteiger partial charge >= 0.3 is 0 Å². The Morgan fingerprint density at radius 3 is 1.97 bits per heavy atom. The van der Waals surface area contributed by atoms with Crippen molar-refractivity contribution in [1.29, 1.82) is 0 Å². The molecule has 0 spiro atoms. The van der Waals surface area contributed by atoms with Crippen LogP contribution < -0.4 is 4.72 Å². The van der Waals surface area contributed by atoms with Crippen LogP contribution in [-0.2, 0) is 23.0 Å². The minimum Gasteiger partial charge on any atom is -0.276 e. The molecule has 0 amide bonds. The maximum Gasteiger partial charge on any atom is 0.262 e. The molecule has 1 heterocycles. The van der Waals surface area contributed by atoms with Gasteiger partial charge in [-0.15, -0.1) is 0 Å². The van der Waals surface area contributed by atoms with Gasteiger partial charge in [-0.1, -0.05) is 25.5 Å². The fourth-order valence-corrected chi connectivity index (χ4v) is 4.43. The van der Waals surface area contributed by atoms with Gasteiger partial charge in [-0.25, -0.2) is 30.4 Å². The van der Waals surface area contributed by atoms with Crippen LogP contribution in [0.3, 0.4) is 0 Å². The first-order valence-electron chi connectivity index (χ1n) is 9.64. The third-order valence-corrected chi connectivity index (χ3v) is 6.36. The molecule has 0 aliphatic heterocycles. The average Bonchev–Trinajstić information content (AvgIpc) is 3.01. The van der Waals surface area contributed by atoms with E-state index in [2.05, 4.69) is 9.82 Å². The van der Waals surface area contributed by atoms with Crippen LogP contribution in [0, 0.1) is 42.9 Å². The van der Waals surface area contributed by atoms with Crippen LogP contribution in [-0.4, -0.2) is 18.2 Å². The van der Waals surface area contributed by atoms with Gasteiger partial charge in [-0.05, 0) is 38.0 Å². The van der Waals surface area contributed by atoms with E-state index < -0.39 is 51.2 Å². The van der Waals surface area contributed by atoms with Crippen LogP contribution >= 0.6 is 0 Å². The van der Waals surface area contributed by atoms with Gasteiger partial charge in [-0.3, -0.25) is 9.40 Å². The summed E-state index contributed by atoms with van der Waals surface area (Å²) in [5, 5.41) is 4.00. The SMILES string of the molecule is CCCc1ccc(S(=O)(=O)Nc2c(C)nn(Cc3c(F)c(F)c(F)c(F)c3F)c2C)cc1. The van der Waals surface area contributed by atoms with E-state index in [9.17, 15) is 30.4 Å². The molecule has 32 heavy (non-hydrogen) atoms. The maximum absolute atomic E-state index is 14.0. The predicted molar refractivity (Wildman–Crippen MR) is 108 cm³/mol. The molecule has 11 heteroatoms. The lowest BCUT2D eigenvalue weighted by Gasteiger charge is -2.11. The topological polar surface area (TPSA) is 64.0 Å². The summed E-state index contributed by atoms with van der Waals surface area (Å²) in [5.74, 6) is -10.3. The average molecular weight is 473 g/mol. The van der Waals surface area contributed by atoms with Gasteiger partial charge in [0.25, 0.3) is 10.0 Å².